The van der Waals surface area contributed by atoms with E-state index < -0.39 is 0 Å². The van der Waals surface area contributed by atoms with Crippen LogP contribution in [0.5, 0.6) is 0 Å². The van der Waals surface area contributed by atoms with Gasteiger partial charge in [0.2, 0.25) is 0 Å². The van der Waals surface area contributed by atoms with Crippen molar-refractivity contribution in [2.24, 2.45) is 0 Å². The molecule has 7 aromatic carbocycles. The number of aromatic nitrogens is 1. The molecule has 4 heteroatoms. The van der Waals surface area contributed by atoms with Crippen LogP contribution in [-0.4, -0.2) is 4.57 Å². The molecule has 0 spiro atoms. The minimum absolute atomic E-state index is 0.578. The van der Waals surface area contributed by atoms with Gasteiger partial charge in [-0.15, -0.1) is 0 Å². The quantitative estimate of drug-likeness (QED) is 0.199. The fourth-order valence-corrected chi connectivity index (χ4v) is 6.97. The van der Waals surface area contributed by atoms with Gasteiger partial charge >= 0.3 is 0 Å². The van der Waals surface area contributed by atoms with Gasteiger partial charge in [-0.05, 0) is 112 Å². The number of nitriles is 2. The summed E-state index contributed by atoms with van der Waals surface area (Å²) in [5.41, 5.74) is 11.9. The van der Waals surface area contributed by atoms with Crippen molar-refractivity contribution in [3.63, 3.8) is 0 Å². The van der Waals surface area contributed by atoms with E-state index in [1.54, 1.807) is 0 Å². The van der Waals surface area contributed by atoms with Crippen molar-refractivity contribution in [2.45, 2.75) is 0 Å². The fourth-order valence-electron chi connectivity index (χ4n) is 6.97. The van der Waals surface area contributed by atoms with Crippen molar-refractivity contribution >= 4 is 43.7 Å². The number of rotatable bonds is 4. The largest absolute Gasteiger partial charge is 0.456 e. The van der Waals surface area contributed by atoms with Crippen LogP contribution in [-0.2, 0) is 0 Å². The van der Waals surface area contributed by atoms with Crippen molar-refractivity contribution in [1.29, 1.82) is 10.5 Å². The second-order valence-corrected chi connectivity index (χ2v) is 12.1. The third kappa shape index (κ3) is 4.44. The maximum atomic E-state index is 10.2. The summed E-state index contributed by atoms with van der Waals surface area (Å²) >= 11 is 0. The maximum Gasteiger partial charge on any atom is 0.135 e. The molecule has 2 aromatic heterocycles. The number of hydrogen-bond acceptors (Lipinski definition) is 3. The zero-order valence-electron chi connectivity index (χ0n) is 25.7. The van der Waals surface area contributed by atoms with E-state index in [0.29, 0.717) is 11.1 Å². The van der Waals surface area contributed by atoms with Crippen molar-refractivity contribution in [3.05, 3.63) is 163 Å². The van der Waals surface area contributed by atoms with E-state index in [-0.39, 0.29) is 0 Å². The second kappa shape index (κ2) is 10.9. The van der Waals surface area contributed by atoms with Gasteiger partial charge in [-0.3, -0.25) is 0 Å². The van der Waals surface area contributed by atoms with Gasteiger partial charge in [-0.1, -0.05) is 72.8 Å². The minimum Gasteiger partial charge on any atom is -0.456 e. The van der Waals surface area contributed by atoms with E-state index in [4.69, 9.17) is 4.42 Å². The van der Waals surface area contributed by atoms with Crippen LogP contribution in [0.25, 0.3) is 82.8 Å². The van der Waals surface area contributed by atoms with E-state index in [2.05, 4.69) is 108 Å². The van der Waals surface area contributed by atoms with Crippen LogP contribution < -0.4 is 0 Å². The van der Waals surface area contributed by atoms with Gasteiger partial charge < -0.3 is 8.98 Å². The Morgan fingerprint density at radius 1 is 0.396 bits per heavy atom. The first kappa shape index (κ1) is 27.4. The highest BCUT2D eigenvalue weighted by Gasteiger charge is 2.16. The number of furan rings is 1. The number of hydrogen-bond donors (Lipinski definition) is 0. The molecule has 0 saturated carbocycles. The van der Waals surface area contributed by atoms with E-state index >= 15 is 0 Å². The molecular weight excluding hydrogens is 587 g/mol. The molecule has 9 aromatic rings. The number of para-hydroxylation sites is 3. The molecule has 9 rings (SSSR count). The average Bonchev–Trinajstić information content (AvgIpc) is 3.70. The van der Waals surface area contributed by atoms with Crippen LogP contribution in [0, 0.1) is 22.7 Å². The molecule has 0 aliphatic carbocycles. The Morgan fingerprint density at radius 2 is 0.958 bits per heavy atom. The first-order valence-electron chi connectivity index (χ1n) is 15.8. The standard InChI is InChI=1S/C44H25N3O/c45-26-28-8-7-9-30(18-28)33-21-34(31-16-17-44-40(25-31)39-12-3-6-15-43(39)48-44)23-35(22-33)32-19-29(27-46)20-36(24-32)47-41-13-4-1-10-37(41)38-11-2-5-14-42(38)47/h1-25H. The molecule has 4 nitrogen and oxygen atoms in total. The van der Waals surface area contributed by atoms with E-state index in [9.17, 15) is 10.5 Å². The molecule has 0 aliphatic rings. The lowest BCUT2D eigenvalue weighted by atomic mass is 9.91. The highest BCUT2D eigenvalue weighted by atomic mass is 16.3. The Hall–Kier alpha value is -6.88. The lowest BCUT2D eigenvalue weighted by molar-refractivity contribution is 0.669. The van der Waals surface area contributed by atoms with Crippen LogP contribution in [0.2, 0.25) is 0 Å². The summed E-state index contributed by atoms with van der Waals surface area (Å²) in [5, 5.41) is 24.4. The molecule has 0 N–H and O–H groups in total. The Balaban J connectivity index is 1.29. The van der Waals surface area contributed by atoms with E-state index in [1.807, 2.05) is 60.7 Å². The highest BCUT2D eigenvalue weighted by molar-refractivity contribution is 6.09. The first-order chi connectivity index (χ1) is 23.7. The van der Waals surface area contributed by atoms with Crippen LogP contribution in [0.3, 0.4) is 0 Å². The third-order valence-corrected chi connectivity index (χ3v) is 9.19. The summed E-state index contributed by atoms with van der Waals surface area (Å²) in [6, 6.07) is 56.2. The normalized spacial score (nSPS) is 11.3. The molecule has 222 valence electrons. The SMILES string of the molecule is N#Cc1cccc(-c2cc(-c3cc(C#N)cc(-n4c5ccccc5c5ccccc54)c3)cc(-c3ccc4oc5ccccc5c4c3)c2)c1. The predicted octanol–water partition coefficient (Wildman–Crippen LogP) is 11.4. The van der Waals surface area contributed by atoms with Crippen LogP contribution >= 0.6 is 0 Å². The van der Waals surface area contributed by atoms with Crippen molar-refractivity contribution in [3.8, 4) is 51.2 Å². The van der Waals surface area contributed by atoms with Gasteiger partial charge in [0.25, 0.3) is 0 Å². The smallest absolute Gasteiger partial charge is 0.135 e. The van der Waals surface area contributed by atoms with E-state index in [1.165, 1.54) is 10.8 Å². The van der Waals surface area contributed by atoms with Gasteiger partial charge in [0.1, 0.15) is 11.2 Å². The molecule has 2 heterocycles. The lowest BCUT2D eigenvalue weighted by Gasteiger charge is -2.14. The zero-order valence-corrected chi connectivity index (χ0v) is 25.7. The molecule has 48 heavy (non-hydrogen) atoms. The molecule has 0 unspecified atom stereocenters. The molecule has 0 bridgehead atoms. The Kier molecular flexibility index (Phi) is 6.22. The summed E-state index contributed by atoms with van der Waals surface area (Å²) in [6.07, 6.45) is 0. The lowest BCUT2D eigenvalue weighted by Crippen LogP contribution is -1.96. The number of nitrogens with zero attached hydrogens (tertiary/aromatic N) is 3. The summed E-state index contributed by atoms with van der Waals surface area (Å²) in [7, 11) is 0. The fraction of sp³-hybridized carbons (Fsp3) is 0. The Morgan fingerprint density at radius 3 is 1.67 bits per heavy atom. The van der Waals surface area contributed by atoms with Crippen molar-refractivity contribution in [2.75, 3.05) is 0 Å². The summed E-state index contributed by atoms with van der Waals surface area (Å²) in [4.78, 5) is 0. The van der Waals surface area contributed by atoms with Gasteiger partial charge in [0, 0.05) is 27.2 Å². The van der Waals surface area contributed by atoms with Gasteiger partial charge in [-0.25, -0.2) is 0 Å². The number of fused-ring (bicyclic) bond motifs is 6. The van der Waals surface area contributed by atoms with Crippen molar-refractivity contribution in [1.82, 2.24) is 4.57 Å². The van der Waals surface area contributed by atoms with Gasteiger partial charge in [0.05, 0.1) is 34.3 Å². The molecule has 0 amide bonds. The van der Waals surface area contributed by atoms with Crippen LogP contribution in [0.1, 0.15) is 11.1 Å². The van der Waals surface area contributed by atoms with Crippen molar-refractivity contribution < 1.29 is 4.42 Å². The monoisotopic (exact) mass is 611 g/mol. The van der Waals surface area contributed by atoms with Gasteiger partial charge in [-0.2, -0.15) is 10.5 Å². The average molecular weight is 612 g/mol. The third-order valence-electron chi connectivity index (χ3n) is 9.19. The molecular formula is C44H25N3O. The Labute approximate surface area is 276 Å². The second-order valence-electron chi connectivity index (χ2n) is 12.1. The minimum atomic E-state index is 0.578. The van der Waals surface area contributed by atoms with E-state index in [0.717, 1.165) is 72.0 Å². The molecule has 0 atom stereocenters. The summed E-state index contributed by atoms with van der Waals surface area (Å²) in [6.45, 7) is 0. The van der Waals surface area contributed by atoms with Gasteiger partial charge in [0.15, 0.2) is 0 Å². The molecule has 0 radical (unpaired) electrons. The first-order valence-corrected chi connectivity index (χ1v) is 15.8. The highest BCUT2D eigenvalue weighted by Crippen LogP contribution is 2.38. The van der Waals surface area contributed by atoms with Crippen LogP contribution in [0.15, 0.2) is 156 Å². The number of benzene rings is 7. The maximum absolute atomic E-state index is 10.2. The van der Waals surface area contributed by atoms with Crippen LogP contribution in [0.4, 0.5) is 0 Å². The molecule has 0 aliphatic heterocycles. The summed E-state index contributed by atoms with van der Waals surface area (Å²) < 4.78 is 8.37. The predicted molar refractivity (Wildman–Crippen MR) is 194 cm³/mol. The molecule has 0 saturated heterocycles. The molecule has 0 fully saturated rings. The zero-order chi connectivity index (χ0) is 32.2. The summed E-state index contributed by atoms with van der Waals surface area (Å²) in [5.74, 6) is 0. The topological polar surface area (TPSA) is 65.7 Å². The Bertz CT molecular complexity index is 2770.